The first-order valence-electron chi connectivity index (χ1n) is 23.3. The van der Waals surface area contributed by atoms with Crippen LogP contribution in [-0.4, -0.2) is 153 Å². The molecule has 4 aromatic heterocycles. The van der Waals surface area contributed by atoms with Crippen LogP contribution in [0.25, 0.3) is 33.8 Å². The monoisotopic (exact) mass is 1030 g/mol. The number of nitrogens with one attached hydrogen (secondary N) is 4. The fourth-order valence-corrected chi connectivity index (χ4v) is 11.3. The van der Waals surface area contributed by atoms with Crippen LogP contribution in [0, 0.1) is 24.0 Å². The molecule has 8 rings (SSSR count). The smallest absolute Gasteiger partial charge is 0.294 e. The lowest BCUT2D eigenvalue weighted by Crippen LogP contribution is -2.60. The van der Waals surface area contributed by atoms with E-state index in [9.17, 15) is 36.5 Å². The number of hydrogen-bond donors (Lipinski definition) is 5. The van der Waals surface area contributed by atoms with Gasteiger partial charge in [-0.25, -0.2) is 35.8 Å². The van der Waals surface area contributed by atoms with Crippen molar-refractivity contribution < 1.29 is 41.3 Å². The van der Waals surface area contributed by atoms with Crippen molar-refractivity contribution in [3.05, 3.63) is 90.3 Å². The van der Waals surface area contributed by atoms with Crippen LogP contribution in [0.3, 0.4) is 0 Å². The number of H-pyrrole nitrogens is 2. The van der Waals surface area contributed by atoms with Gasteiger partial charge < -0.3 is 40.0 Å². The number of aliphatic hydroxyl groups is 1. The van der Waals surface area contributed by atoms with Crippen LogP contribution in [0.1, 0.15) is 63.6 Å². The van der Waals surface area contributed by atoms with E-state index in [0.717, 1.165) is 12.8 Å². The zero-order chi connectivity index (χ0) is 51.2. The highest BCUT2D eigenvalue weighted by molar-refractivity contribution is 7.89. The van der Waals surface area contributed by atoms with E-state index in [-0.39, 0.29) is 77.5 Å². The molecule has 27 heteroatoms. The van der Waals surface area contributed by atoms with Gasteiger partial charge in [0.1, 0.15) is 29.8 Å². The number of imidazole rings is 2. The third kappa shape index (κ3) is 11.2. The van der Waals surface area contributed by atoms with Crippen LogP contribution in [0.15, 0.2) is 55.8 Å². The van der Waals surface area contributed by atoms with E-state index in [1.54, 1.807) is 32.9 Å². The average molecular weight is 1030 g/mol. The molecule has 2 aromatic carbocycles. The maximum absolute atomic E-state index is 13.3. The number of rotatable bonds is 22. The summed E-state index contributed by atoms with van der Waals surface area (Å²) in [6.45, 7) is 13.4. The summed E-state index contributed by atoms with van der Waals surface area (Å²) < 4.78 is 70.2. The molecule has 5 N–H and O–H groups in total. The highest BCUT2D eigenvalue weighted by Crippen LogP contribution is 2.34. The van der Waals surface area contributed by atoms with Gasteiger partial charge in [-0.05, 0) is 76.9 Å². The number of nitrogens with zero attached hydrogens (tertiary/aromatic N) is 9. The molecule has 0 saturated carbocycles. The Hall–Kier alpha value is -6.36. The zero-order valence-electron chi connectivity index (χ0n) is 40.3. The van der Waals surface area contributed by atoms with Crippen molar-refractivity contribution in [1.82, 2.24) is 58.4 Å². The van der Waals surface area contributed by atoms with Crippen LogP contribution in [-0.2, 0) is 37.7 Å². The molecule has 0 spiro atoms. The summed E-state index contributed by atoms with van der Waals surface area (Å²) in [5.41, 5.74) is 1.85. The van der Waals surface area contributed by atoms with E-state index >= 15 is 0 Å². The van der Waals surface area contributed by atoms with Crippen molar-refractivity contribution in [3.8, 4) is 34.3 Å². The van der Waals surface area contributed by atoms with Crippen LogP contribution in [0.4, 0.5) is 0 Å². The van der Waals surface area contributed by atoms with Gasteiger partial charge in [-0.1, -0.05) is 13.8 Å². The first-order chi connectivity index (χ1) is 33.9. The number of aryl methyl sites for hydroxylation is 4. The van der Waals surface area contributed by atoms with Gasteiger partial charge in [0, 0.05) is 64.2 Å². The van der Waals surface area contributed by atoms with Crippen LogP contribution in [0.5, 0.6) is 11.5 Å². The number of aliphatic hydroxyl groups excluding tert-OH is 1. The number of aromatic nitrogens is 8. The number of aromatic amines is 2. The maximum Gasteiger partial charge on any atom is 0.294 e. The first-order valence-corrected chi connectivity index (χ1v) is 26.2. The van der Waals surface area contributed by atoms with E-state index in [4.69, 9.17) is 14.6 Å². The maximum atomic E-state index is 13.3. The van der Waals surface area contributed by atoms with Gasteiger partial charge in [0.15, 0.2) is 22.7 Å². The summed E-state index contributed by atoms with van der Waals surface area (Å²) in [6, 6.07) is 8.88. The summed E-state index contributed by atoms with van der Waals surface area (Å²) >= 11 is 0. The molecule has 0 aliphatic carbocycles. The lowest BCUT2D eigenvalue weighted by Gasteiger charge is -2.38. The molecule has 0 amide bonds. The summed E-state index contributed by atoms with van der Waals surface area (Å²) in [5, 5.41) is 33.6. The van der Waals surface area contributed by atoms with Gasteiger partial charge in [0.05, 0.1) is 52.1 Å². The van der Waals surface area contributed by atoms with Crippen molar-refractivity contribution >= 4 is 31.1 Å². The van der Waals surface area contributed by atoms with Gasteiger partial charge in [-0.2, -0.15) is 8.61 Å². The third-order valence-corrected chi connectivity index (χ3v) is 15.3. The molecule has 6 heterocycles. The second-order valence-electron chi connectivity index (χ2n) is 16.8. The van der Waals surface area contributed by atoms with E-state index in [1.165, 1.54) is 41.9 Å². The first kappa shape index (κ1) is 52.5. The molecule has 2 aliphatic rings. The Morgan fingerprint density at radius 2 is 1.14 bits per heavy atom. The number of fused-ring (bicyclic) bond motifs is 2. The molecular weight excluding hydrogens is 967 g/mol. The third-order valence-electron chi connectivity index (χ3n) is 11.7. The summed E-state index contributed by atoms with van der Waals surface area (Å²) in [4.78, 5) is 54.9. The van der Waals surface area contributed by atoms with E-state index < -0.39 is 25.1 Å². The van der Waals surface area contributed by atoms with Crippen LogP contribution in [0.2, 0.25) is 0 Å². The highest BCUT2D eigenvalue weighted by atomic mass is 32.2. The van der Waals surface area contributed by atoms with E-state index in [1.807, 2.05) is 20.8 Å². The summed E-state index contributed by atoms with van der Waals surface area (Å²) in [6.07, 6.45) is 2.93. The van der Waals surface area contributed by atoms with Crippen LogP contribution >= 0.6 is 0 Å². The zero-order valence-corrected chi connectivity index (χ0v) is 41.9. The Kier molecular flexibility index (Phi) is 16.5. The van der Waals surface area contributed by atoms with Crippen molar-refractivity contribution in [1.29, 1.82) is 0 Å². The van der Waals surface area contributed by atoms with Crippen LogP contribution < -0.4 is 31.2 Å². The van der Waals surface area contributed by atoms with Gasteiger partial charge in [0.25, 0.3) is 16.2 Å². The Morgan fingerprint density at radius 1 is 0.718 bits per heavy atom. The largest absolute Gasteiger partial charge is 0.493 e. The topological polar surface area (TPSA) is 316 Å². The van der Waals surface area contributed by atoms with Crippen molar-refractivity contribution in [2.75, 3.05) is 65.7 Å². The molecule has 71 heavy (non-hydrogen) atoms. The predicted molar refractivity (Wildman–Crippen MR) is 259 cm³/mol. The second-order valence-corrected chi connectivity index (χ2v) is 20.6. The Balaban J connectivity index is 0.000000209. The quantitative estimate of drug-likeness (QED) is 0.0366. The predicted octanol–water partition coefficient (Wildman–Crippen LogP) is 1.61. The minimum atomic E-state index is -3.85. The van der Waals surface area contributed by atoms with Gasteiger partial charge in [0.2, 0.25) is 20.0 Å². The van der Waals surface area contributed by atoms with E-state index in [2.05, 4.69) is 45.6 Å². The molecule has 0 atom stereocenters. The second kappa shape index (κ2) is 22.4. The SMILES string of the molecule is CCCc1nc(C)c2c(=O)[nH]c(-c3cc(S(=O)(=O)N4CC(NCCO)C4)ccc3OCC)nn12.CCCc1nc(C)c2c(=O)[nH]c(-c3cc(S(=O)(=O)N4CC(NCCO[N+](=O)[O-])C4)ccc3OCC)nn12. The normalized spacial score (nSPS) is 14.8. The molecule has 0 radical (unpaired) electrons. The number of hydrogen-bond acceptors (Lipinski definition) is 18. The fourth-order valence-electron chi connectivity index (χ4n) is 8.23. The van der Waals surface area contributed by atoms with Gasteiger partial charge in [-0.15, -0.1) is 20.3 Å². The highest BCUT2D eigenvalue weighted by Gasteiger charge is 2.38. The lowest BCUT2D eigenvalue weighted by atomic mass is 10.2. The lowest BCUT2D eigenvalue weighted by molar-refractivity contribution is -0.757. The summed E-state index contributed by atoms with van der Waals surface area (Å²) in [5.74, 6) is 2.49. The number of benzene rings is 2. The van der Waals surface area contributed by atoms with Crippen molar-refractivity contribution in [2.45, 2.75) is 89.1 Å². The average Bonchev–Trinajstić information content (AvgIpc) is 3.79. The number of sulfonamides is 2. The molecule has 0 bridgehead atoms. The Morgan fingerprint density at radius 3 is 1.52 bits per heavy atom. The minimum Gasteiger partial charge on any atom is -0.493 e. The van der Waals surface area contributed by atoms with Gasteiger partial charge in [-0.3, -0.25) is 9.59 Å². The molecule has 2 saturated heterocycles. The molecule has 0 unspecified atom stereocenters. The molecule has 2 aliphatic heterocycles. The van der Waals surface area contributed by atoms with Gasteiger partial charge >= 0.3 is 0 Å². The Labute approximate surface area is 408 Å². The minimum absolute atomic E-state index is 0.00252. The molecule has 2 fully saturated rings. The summed E-state index contributed by atoms with van der Waals surface area (Å²) in [7, 11) is -7.60. The molecule has 25 nitrogen and oxygen atoms in total. The Bertz CT molecular complexity index is 3230. The molecule has 6 aromatic rings. The molecule has 384 valence electrons. The number of ether oxygens (including phenoxy) is 2. The van der Waals surface area contributed by atoms with E-state index in [0.29, 0.717) is 102 Å². The fraction of sp³-hybridized carbons (Fsp3) is 0.500. The van der Waals surface area contributed by atoms with Crippen molar-refractivity contribution in [3.63, 3.8) is 0 Å². The standard InChI is InChI=1S/C22H29N7O7S.C22H30N6O5S/c1-4-6-19-24-14(3)20-22(30)25-21(26-28(19)20)17-11-16(7-8-18(17)35-5-2)37(33,34)27-12-15(13-27)23-9-10-36-29(31)32;1-4-6-19-24-14(3)20-22(30)25-21(26-28(19)20)17-11-16(7-8-18(17)33-5-2)34(31,32)27-12-15(13-27)23-9-10-29/h7-8,11,15,23H,4-6,9-10,12-13H2,1-3H3,(H,25,26,30);7-8,11,15,23,29H,4-6,9-10,12-13H2,1-3H3,(H,25,26,30). The van der Waals surface area contributed by atoms with Crippen molar-refractivity contribution in [2.24, 2.45) is 0 Å². The molecular formula is C44H59N13O12S2.